The van der Waals surface area contributed by atoms with Gasteiger partial charge < -0.3 is 20.0 Å². The van der Waals surface area contributed by atoms with Crippen LogP contribution in [0.3, 0.4) is 0 Å². The number of aliphatic imine (C=N–C) groups is 1. The molecule has 25 heavy (non-hydrogen) atoms. The van der Waals surface area contributed by atoms with Crippen molar-refractivity contribution in [1.29, 1.82) is 0 Å². The molecule has 2 atom stereocenters. The number of likely N-dealkylation sites (N-methyl/N-ethyl adjacent to an activating group) is 1. The first kappa shape index (κ1) is 19.3. The molecule has 3 fully saturated rings. The molecule has 144 valence electrons. The van der Waals surface area contributed by atoms with Crippen LogP contribution in [0.4, 0.5) is 0 Å². The Bertz CT molecular complexity index is 441. The average Bonchev–Trinajstić information content (AvgIpc) is 3.27. The predicted octanol–water partition coefficient (Wildman–Crippen LogP) is 1.81. The lowest BCUT2D eigenvalue weighted by Crippen LogP contribution is -2.55. The summed E-state index contributed by atoms with van der Waals surface area (Å²) in [7, 11) is 6.38. The largest absolute Gasteiger partial charge is 0.354 e. The average molecular weight is 368 g/mol. The van der Waals surface area contributed by atoms with E-state index in [2.05, 4.69) is 50.9 Å². The molecule has 1 N–H and O–H groups in total. The van der Waals surface area contributed by atoms with Crippen molar-refractivity contribution in [2.75, 3.05) is 71.9 Å². The molecule has 0 amide bonds. The molecular formula is C19H37N5S. The molecule has 3 saturated heterocycles. The number of hydrogen-bond acceptors (Lipinski definition) is 4. The maximum atomic E-state index is 4.60. The van der Waals surface area contributed by atoms with Crippen LogP contribution < -0.4 is 5.32 Å². The lowest BCUT2D eigenvalue weighted by atomic mass is 9.97. The van der Waals surface area contributed by atoms with Crippen molar-refractivity contribution in [2.24, 2.45) is 10.9 Å². The Morgan fingerprint density at radius 3 is 2.68 bits per heavy atom. The Morgan fingerprint density at radius 1 is 1.24 bits per heavy atom. The number of thioether (sulfide) groups is 1. The highest BCUT2D eigenvalue weighted by atomic mass is 32.2. The topological polar surface area (TPSA) is 34.1 Å². The van der Waals surface area contributed by atoms with Gasteiger partial charge in [-0.15, -0.1) is 0 Å². The summed E-state index contributed by atoms with van der Waals surface area (Å²) >= 11 is 2.08. The van der Waals surface area contributed by atoms with Gasteiger partial charge in [-0.3, -0.25) is 4.99 Å². The SMILES string of the molecule is CN=C(NCC1(N(C)C)CCSC1)N1CCC(CN2CCCCC2)C1. The van der Waals surface area contributed by atoms with Gasteiger partial charge >= 0.3 is 0 Å². The van der Waals surface area contributed by atoms with Crippen LogP contribution in [-0.2, 0) is 0 Å². The molecular weight excluding hydrogens is 330 g/mol. The van der Waals surface area contributed by atoms with Crippen molar-refractivity contribution < 1.29 is 0 Å². The Kier molecular flexibility index (Phi) is 6.92. The van der Waals surface area contributed by atoms with E-state index in [0.717, 1.165) is 25.0 Å². The minimum atomic E-state index is 0.285. The second-order valence-electron chi connectivity index (χ2n) is 8.28. The summed E-state index contributed by atoms with van der Waals surface area (Å²) in [6.45, 7) is 7.24. The number of guanidine groups is 1. The number of nitrogens with zero attached hydrogens (tertiary/aromatic N) is 4. The van der Waals surface area contributed by atoms with Crippen molar-refractivity contribution in [2.45, 2.75) is 37.6 Å². The molecule has 0 aromatic heterocycles. The van der Waals surface area contributed by atoms with Crippen molar-refractivity contribution in [3.8, 4) is 0 Å². The van der Waals surface area contributed by atoms with Crippen LogP contribution in [0.25, 0.3) is 0 Å². The van der Waals surface area contributed by atoms with Crippen molar-refractivity contribution >= 4 is 17.7 Å². The number of nitrogens with one attached hydrogen (secondary N) is 1. The third-order valence-corrected chi connectivity index (χ3v) is 7.60. The molecule has 3 aliphatic rings. The Labute approximate surface area is 158 Å². The molecule has 0 aliphatic carbocycles. The van der Waals surface area contributed by atoms with Gasteiger partial charge in [0.1, 0.15) is 0 Å². The van der Waals surface area contributed by atoms with Gasteiger partial charge in [-0.2, -0.15) is 11.8 Å². The molecule has 5 nitrogen and oxygen atoms in total. The fraction of sp³-hybridized carbons (Fsp3) is 0.947. The molecule has 2 unspecified atom stereocenters. The van der Waals surface area contributed by atoms with Crippen LogP contribution in [0.2, 0.25) is 0 Å². The van der Waals surface area contributed by atoms with Gasteiger partial charge in [0.05, 0.1) is 0 Å². The monoisotopic (exact) mass is 367 g/mol. The van der Waals surface area contributed by atoms with E-state index in [-0.39, 0.29) is 5.54 Å². The van der Waals surface area contributed by atoms with E-state index in [0.29, 0.717) is 0 Å². The smallest absolute Gasteiger partial charge is 0.193 e. The van der Waals surface area contributed by atoms with Crippen LogP contribution in [0.1, 0.15) is 32.1 Å². The summed E-state index contributed by atoms with van der Waals surface area (Å²) < 4.78 is 0. The van der Waals surface area contributed by atoms with E-state index in [1.54, 1.807) is 0 Å². The highest BCUT2D eigenvalue weighted by molar-refractivity contribution is 7.99. The minimum absolute atomic E-state index is 0.285. The molecule has 3 rings (SSSR count). The molecule has 0 bridgehead atoms. The Balaban J connectivity index is 1.48. The molecule has 0 aromatic carbocycles. The van der Waals surface area contributed by atoms with Gasteiger partial charge in [0, 0.05) is 44.5 Å². The summed E-state index contributed by atoms with van der Waals surface area (Å²) in [6.07, 6.45) is 6.79. The lowest BCUT2D eigenvalue weighted by Gasteiger charge is -2.37. The van der Waals surface area contributed by atoms with Gasteiger partial charge in [0.15, 0.2) is 5.96 Å². The normalized spacial score (nSPS) is 31.9. The maximum absolute atomic E-state index is 4.60. The van der Waals surface area contributed by atoms with Crippen LogP contribution in [-0.4, -0.2) is 98.1 Å². The van der Waals surface area contributed by atoms with E-state index in [4.69, 9.17) is 0 Å². The van der Waals surface area contributed by atoms with Gasteiger partial charge in [-0.25, -0.2) is 0 Å². The van der Waals surface area contributed by atoms with Gasteiger partial charge in [0.2, 0.25) is 0 Å². The minimum Gasteiger partial charge on any atom is -0.354 e. The fourth-order valence-corrected chi connectivity index (χ4v) is 6.06. The second kappa shape index (κ2) is 8.96. The standard InChI is InChI=1S/C19H37N5S/c1-20-18(21-15-19(22(2)3)8-12-25-16-19)24-11-7-17(14-24)13-23-9-5-4-6-10-23/h17H,4-16H2,1-3H3,(H,20,21). The van der Waals surface area contributed by atoms with E-state index >= 15 is 0 Å². The molecule has 0 spiro atoms. The highest BCUT2D eigenvalue weighted by Crippen LogP contribution is 2.31. The molecule has 0 saturated carbocycles. The van der Waals surface area contributed by atoms with Crippen molar-refractivity contribution in [3.05, 3.63) is 0 Å². The second-order valence-corrected chi connectivity index (χ2v) is 9.39. The van der Waals surface area contributed by atoms with E-state index in [9.17, 15) is 0 Å². The van der Waals surface area contributed by atoms with Gasteiger partial charge in [-0.1, -0.05) is 6.42 Å². The van der Waals surface area contributed by atoms with E-state index in [1.165, 1.54) is 69.8 Å². The molecule has 3 aliphatic heterocycles. The number of likely N-dealkylation sites (tertiary alicyclic amines) is 2. The van der Waals surface area contributed by atoms with E-state index < -0.39 is 0 Å². The van der Waals surface area contributed by atoms with Crippen molar-refractivity contribution in [1.82, 2.24) is 20.0 Å². The predicted molar refractivity (Wildman–Crippen MR) is 110 cm³/mol. The zero-order chi connectivity index (χ0) is 17.7. The summed E-state index contributed by atoms with van der Waals surface area (Å²) in [5.41, 5.74) is 0.285. The van der Waals surface area contributed by atoms with Gasteiger partial charge in [-0.05, 0) is 64.5 Å². The quantitative estimate of drug-likeness (QED) is 0.592. The zero-order valence-electron chi connectivity index (χ0n) is 16.5. The first-order valence-electron chi connectivity index (χ1n) is 10.1. The maximum Gasteiger partial charge on any atom is 0.193 e. The molecule has 6 heteroatoms. The molecule has 0 radical (unpaired) electrons. The summed E-state index contributed by atoms with van der Waals surface area (Å²) in [5, 5.41) is 3.71. The lowest BCUT2D eigenvalue weighted by molar-refractivity contribution is 0.181. The summed E-state index contributed by atoms with van der Waals surface area (Å²) in [6, 6.07) is 0. The zero-order valence-corrected chi connectivity index (χ0v) is 17.3. The Morgan fingerprint density at radius 2 is 2.04 bits per heavy atom. The van der Waals surface area contributed by atoms with E-state index in [1.807, 2.05) is 7.05 Å². The number of hydrogen-bond donors (Lipinski definition) is 1. The van der Waals surface area contributed by atoms with Crippen LogP contribution in [0.5, 0.6) is 0 Å². The third kappa shape index (κ3) is 4.83. The fourth-order valence-electron chi connectivity index (χ4n) is 4.50. The van der Waals surface area contributed by atoms with Crippen molar-refractivity contribution in [3.63, 3.8) is 0 Å². The first-order chi connectivity index (χ1) is 12.1. The third-order valence-electron chi connectivity index (χ3n) is 6.37. The molecule has 0 aromatic rings. The number of piperidine rings is 1. The first-order valence-corrected chi connectivity index (χ1v) is 11.2. The highest BCUT2D eigenvalue weighted by Gasteiger charge is 2.37. The Hall–Kier alpha value is -0.460. The summed E-state index contributed by atoms with van der Waals surface area (Å²) in [4.78, 5) is 12.2. The number of rotatable bonds is 5. The van der Waals surface area contributed by atoms with Crippen LogP contribution in [0, 0.1) is 5.92 Å². The van der Waals surface area contributed by atoms with Crippen LogP contribution in [0.15, 0.2) is 4.99 Å². The summed E-state index contributed by atoms with van der Waals surface area (Å²) in [5.74, 6) is 4.42. The van der Waals surface area contributed by atoms with Crippen LogP contribution >= 0.6 is 11.8 Å². The van der Waals surface area contributed by atoms with Gasteiger partial charge in [0.25, 0.3) is 0 Å². The molecule has 3 heterocycles.